The first-order valence-electron chi connectivity index (χ1n) is 23.7. The van der Waals surface area contributed by atoms with Gasteiger partial charge in [0.15, 0.2) is 0 Å². The van der Waals surface area contributed by atoms with Gasteiger partial charge in [-0.15, -0.1) is 34.0 Å². The largest absolute Gasteiger partial charge is 0.376 e. The lowest BCUT2D eigenvalue weighted by atomic mass is 9.44. The van der Waals surface area contributed by atoms with Gasteiger partial charge in [-0.2, -0.15) is 0 Å². The Bertz CT molecular complexity index is 4170. The maximum Gasteiger partial charge on any atom is 0.333 e. The number of nitrogens with zero attached hydrogens (tertiary/aromatic N) is 2. The van der Waals surface area contributed by atoms with Gasteiger partial charge < -0.3 is 9.38 Å². The molecule has 0 bridgehead atoms. The fourth-order valence-electron chi connectivity index (χ4n) is 12.7. The first kappa shape index (κ1) is 38.2. The van der Waals surface area contributed by atoms with Gasteiger partial charge in [0, 0.05) is 99.5 Å². The molecule has 0 fully saturated rings. The highest BCUT2D eigenvalue weighted by Crippen LogP contribution is 2.56. The molecule has 0 radical (unpaired) electrons. The van der Waals surface area contributed by atoms with Crippen molar-refractivity contribution in [2.45, 2.75) is 77.6 Å². The topological polar surface area (TPSA) is 8.17 Å². The lowest BCUT2D eigenvalue weighted by Gasteiger charge is -2.42. The Morgan fingerprint density at radius 1 is 0.530 bits per heavy atom. The number of fused-ring (bicyclic) bond motifs is 20. The molecule has 66 heavy (non-hydrogen) atoms. The molecular formula is C60H47BN2S3. The maximum absolute atomic E-state index is 2.76. The summed E-state index contributed by atoms with van der Waals surface area (Å²) in [5.41, 5.74) is 16.7. The summed E-state index contributed by atoms with van der Waals surface area (Å²) in [6.45, 7) is 16.8. The second-order valence-corrected chi connectivity index (χ2v) is 25.1. The molecule has 2 aliphatic heterocycles. The highest BCUT2D eigenvalue weighted by molar-refractivity contribution is 7.27. The van der Waals surface area contributed by atoms with Crippen LogP contribution in [0.4, 0.5) is 11.4 Å². The fraction of sp³-hybridized carbons (Fsp3) is 0.200. The number of aromatic nitrogens is 1. The maximum atomic E-state index is 2.76. The summed E-state index contributed by atoms with van der Waals surface area (Å²) in [6, 6.07) is 52.6. The van der Waals surface area contributed by atoms with Gasteiger partial charge >= 0.3 is 6.85 Å². The zero-order valence-corrected chi connectivity index (χ0v) is 40.8. The Morgan fingerprint density at radius 2 is 1.12 bits per heavy atom. The van der Waals surface area contributed by atoms with Crippen LogP contribution in [0.3, 0.4) is 0 Å². The van der Waals surface area contributed by atoms with E-state index in [1.54, 1.807) is 0 Å². The third kappa shape index (κ3) is 4.82. The second kappa shape index (κ2) is 12.5. The molecule has 0 saturated carbocycles. The summed E-state index contributed by atoms with van der Waals surface area (Å²) >= 11 is 5.87. The van der Waals surface area contributed by atoms with Crippen LogP contribution in [0, 0.1) is 0 Å². The van der Waals surface area contributed by atoms with Crippen LogP contribution in [0.1, 0.15) is 78.0 Å². The van der Waals surface area contributed by atoms with Crippen LogP contribution in [0.2, 0.25) is 0 Å². The van der Waals surface area contributed by atoms with E-state index < -0.39 is 0 Å². The zero-order chi connectivity index (χ0) is 44.3. The van der Waals surface area contributed by atoms with E-state index in [4.69, 9.17) is 0 Å². The molecule has 0 atom stereocenters. The Labute approximate surface area is 396 Å². The molecule has 15 rings (SSSR count). The van der Waals surface area contributed by atoms with Gasteiger partial charge in [-0.05, 0) is 123 Å². The van der Waals surface area contributed by atoms with Crippen molar-refractivity contribution >= 4 is 145 Å². The molecule has 12 aromatic rings. The van der Waals surface area contributed by atoms with Crippen molar-refractivity contribution in [1.29, 1.82) is 0 Å². The molecule has 0 saturated heterocycles. The van der Waals surface area contributed by atoms with E-state index in [9.17, 15) is 0 Å². The van der Waals surface area contributed by atoms with Crippen molar-refractivity contribution < 1.29 is 0 Å². The molecule has 6 heterocycles. The minimum Gasteiger partial charge on any atom is -0.376 e. The Kier molecular flexibility index (Phi) is 7.26. The van der Waals surface area contributed by atoms with Crippen LogP contribution in [-0.4, -0.2) is 11.4 Å². The molecule has 8 aromatic carbocycles. The van der Waals surface area contributed by atoms with Crippen molar-refractivity contribution in [2.24, 2.45) is 0 Å². The van der Waals surface area contributed by atoms with Crippen molar-refractivity contribution in [3.63, 3.8) is 0 Å². The smallest absolute Gasteiger partial charge is 0.333 e. The molecule has 4 aromatic heterocycles. The summed E-state index contributed by atoms with van der Waals surface area (Å²) in [4.78, 5) is 2.75. The van der Waals surface area contributed by atoms with E-state index >= 15 is 0 Å². The lowest BCUT2D eigenvalue weighted by molar-refractivity contribution is 0.332. The number of benzene rings is 8. The zero-order valence-electron chi connectivity index (χ0n) is 38.3. The first-order valence-corrected chi connectivity index (χ1v) is 26.1. The molecule has 0 unspecified atom stereocenters. The standard InChI is InChI=1S/C60H47BN2S3/c1-58(2,3)32-20-22-33(23-21-32)63-45-31-51-37(34-14-8-11-17-47(34)65-51)26-39(45)54-55-56-52(53-36-16-10-13-19-49(36)66-57(53)54)40-27-41-42(60(6,7)25-24-59(41,4)5)29-44(40)62(56)46-28-38-35-15-9-12-18-48(35)64-50(38)30-43(46)61(55)63/h8-23,26-31H,24-25H2,1-7H3. The van der Waals surface area contributed by atoms with Crippen LogP contribution in [-0.2, 0) is 16.2 Å². The third-order valence-electron chi connectivity index (χ3n) is 16.2. The normalized spacial score (nSPS) is 16.2. The van der Waals surface area contributed by atoms with Crippen molar-refractivity contribution in [3.05, 3.63) is 150 Å². The molecular weight excluding hydrogens is 856 g/mol. The van der Waals surface area contributed by atoms with Crippen molar-refractivity contribution in [1.82, 2.24) is 4.57 Å². The van der Waals surface area contributed by atoms with Gasteiger partial charge in [0.2, 0.25) is 0 Å². The molecule has 2 nitrogen and oxygen atoms in total. The average Bonchev–Trinajstić information content (AvgIpc) is 4.07. The van der Waals surface area contributed by atoms with Crippen molar-refractivity contribution in [2.75, 3.05) is 4.81 Å². The quantitative estimate of drug-likeness (QED) is 0.149. The van der Waals surface area contributed by atoms with E-state index in [1.165, 1.54) is 151 Å². The van der Waals surface area contributed by atoms with Crippen LogP contribution in [0.5, 0.6) is 0 Å². The summed E-state index contributed by atoms with van der Waals surface area (Å²) in [5.74, 6) is 0. The van der Waals surface area contributed by atoms with Crippen LogP contribution < -0.4 is 15.7 Å². The van der Waals surface area contributed by atoms with Crippen LogP contribution >= 0.6 is 34.0 Å². The Hall–Kier alpha value is -5.92. The number of anilines is 2. The van der Waals surface area contributed by atoms with Gasteiger partial charge in [0.1, 0.15) is 0 Å². The predicted octanol–water partition coefficient (Wildman–Crippen LogP) is 16.8. The minimum atomic E-state index is -0.0686. The fourth-order valence-corrected chi connectivity index (χ4v) is 16.2. The van der Waals surface area contributed by atoms with Gasteiger partial charge in [0.05, 0.1) is 11.0 Å². The van der Waals surface area contributed by atoms with Gasteiger partial charge in [0.25, 0.3) is 0 Å². The van der Waals surface area contributed by atoms with Crippen LogP contribution in [0.25, 0.3) is 99.1 Å². The van der Waals surface area contributed by atoms with Crippen molar-refractivity contribution in [3.8, 4) is 16.8 Å². The van der Waals surface area contributed by atoms with Gasteiger partial charge in [-0.25, -0.2) is 0 Å². The lowest BCUT2D eigenvalue weighted by Crippen LogP contribution is -2.60. The van der Waals surface area contributed by atoms with E-state index in [-0.39, 0.29) is 23.1 Å². The third-order valence-corrected chi connectivity index (χ3v) is 19.6. The van der Waals surface area contributed by atoms with Gasteiger partial charge in [-0.3, -0.25) is 0 Å². The number of rotatable bonds is 1. The van der Waals surface area contributed by atoms with E-state index in [0.717, 1.165) is 0 Å². The molecule has 6 heteroatoms. The molecule has 0 amide bonds. The molecule has 3 aliphatic rings. The summed E-state index contributed by atoms with van der Waals surface area (Å²) in [7, 11) is 0. The highest BCUT2D eigenvalue weighted by Gasteiger charge is 2.47. The molecule has 0 spiro atoms. The highest BCUT2D eigenvalue weighted by atomic mass is 32.1. The average molecular weight is 903 g/mol. The Morgan fingerprint density at radius 3 is 1.79 bits per heavy atom. The molecule has 0 N–H and O–H groups in total. The number of thiophene rings is 3. The second-order valence-electron chi connectivity index (χ2n) is 21.9. The van der Waals surface area contributed by atoms with Crippen LogP contribution in [0.15, 0.2) is 133 Å². The SMILES string of the molecule is CC(C)(C)c1ccc(N2B3c4cc5sc6ccccc6c5cc4-n4c5cc6c(cc5c5c7c(sc8ccccc87)c(c3c54)-c3cc4c(cc32)sc2ccccc24)C(C)(C)CCC6(C)C)cc1. The molecule has 1 aliphatic carbocycles. The summed E-state index contributed by atoms with van der Waals surface area (Å²) < 4.78 is 10.9. The number of hydrogen-bond acceptors (Lipinski definition) is 4. The van der Waals surface area contributed by atoms with E-state index in [2.05, 4.69) is 191 Å². The minimum absolute atomic E-state index is 0.0422. The summed E-state index contributed by atoms with van der Waals surface area (Å²) in [5, 5.41) is 11.0. The monoisotopic (exact) mass is 902 g/mol. The first-order chi connectivity index (χ1) is 31.8. The predicted molar refractivity (Wildman–Crippen MR) is 292 cm³/mol. The molecule has 318 valence electrons. The van der Waals surface area contributed by atoms with Gasteiger partial charge in [-0.1, -0.05) is 115 Å². The van der Waals surface area contributed by atoms with E-state index in [1.807, 2.05) is 34.0 Å². The van der Waals surface area contributed by atoms with E-state index in [0.29, 0.717) is 0 Å². The summed E-state index contributed by atoms with van der Waals surface area (Å²) in [6.07, 6.45) is 2.36. The number of hydrogen-bond donors (Lipinski definition) is 0. The Balaban J connectivity index is 1.20.